The number of aryl methyl sites for hydroxylation is 1. The van der Waals surface area contributed by atoms with Gasteiger partial charge < -0.3 is 4.90 Å². The van der Waals surface area contributed by atoms with E-state index in [0.29, 0.717) is 11.8 Å². The lowest BCUT2D eigenvalue weighted by molar-refractivity contribution is 0.820. The molecule has 0 aromatic heterocycles. The van der Waals surface area contributed by atoms with Gasteiger partial charge >= 0.3 is 0 Å². The minimum atomic E-state index is 0.579. The summed E-state index contributed by atoms with van der Waals surface area (Å²) in [6.07, 6.45) is 0. The molecule has 0 amide bonds. The lowest BCUT2D eigenvalue weighted by Gasteiger charge is -2.26. The molecule has 0 aliphatic rings. The van der Waals surface area contributed by atoms with Gasteiger partial charge in [0, 0.05) is 19.8 Å². The predicted molar refractivity (Wildman–Crippen MR) is 85.0 cm³/mol. The SMILES string of the molecule is CC.Cc1cc(C(C)C)c(N(C)C)c(C(C)C)c1. The molecule has 0 bridgehead atoms. The molecular formula is C17H31N. The molecule has 0 radical (unpaired) electrons. The normalized spacial score (nSPS) is 10.4. The fourth-order valence-electron chi connectivity index (χ4n) is 2.23. The summed E-state index contributed by atoms with van der Waals surface area (Å²) in [4.78, 5) is 2.25. The number of hydrogen-bond acceptors (Lipinski definition) is 1. The molecule has 0 atom stereocenters. The number of rotatable bonds is 3. The van der Waals surface area contributed by atoms with Crippen LogP contribution in [0.3, 0.4) is 0 Å². The van der Waals surface area contributed by atoms with Crippen molar-refractivity contribution in [2.24, 2.45) is 0 Å². The Bertz CT molecular complexity index is 333. The Labute approximate surface area is 114 Å². The first-order chi connectivity index (χ1) is 8.34. The highest BCUT2D eigenvalue weighted by Crippen LogP contribution is 2.35. The Morgan fingerprint density at radius 2 is 1.17 bits per heavy atom. The summed E-state index contributed by atoms with van der Waals surface area (Å²) >= 11 is 0. The largest absolute Gasteiger partial charge is 0.377 e. The van der Waals surface area contributed by atoms with E-state index in [1.807, 2.05) is 13.8 Å². The van der Waals surface area contributed by atoms with Gasteiger partial charge in [-0.3, -0.25) is 0 Å². The number of hydrogen-bond donors (Lipinski definition) is 0. The monoisotopic (exact) mass is 249 g/mol. The summed E-state index contributed by atoms with van der Waals surface area (Å²) < 4.78 is 0. The van der Waals surface area contributed by atoms with E-state index in [4.69, 9.17) is 0 Å². The number of benzene rings is 1. The van der Waals surface area contributed by atoms with Crippen LogP contribution in [0.15, 0.2) is 12.1 Å². The van der Waals surface area contributed by atoms with Crippen LogP contribution in [0.4, 0.5) is 5.69 Å². The van der Waals surface area contributed by atoms with Gasteiger partial charge in [0.2, 0.25) is 0 Å². The van der Waals surface area contributed by atoms with Crippen molar-refractivity contribution in [3.8, 4) is 0 Å². The van der Waals surface area contributed by atoms with Gasteiger partial charge in [-0.1, -0.05) is 59.2 Å². The maximum atomic E-state index is 2.33. The van der Waals surface area contributed by atoms with Crippen molar-refractivity contribution >= 4 is 5.69 Å². The second kappa shape index (κ2) is 7.45. The van der Waals surface area contributed by atoms with Crippen LogP contribution in [0.25, 0.3) is 0 Å². The third-order valence-corrected chi connectivity index (χ3v) is 3.00. The van der Waals surface area contributed by atoms with E-state index < -0.39 is 0 Å². The van der Waals surface area contributed by atoms with Crippen LogP contribution in [0.2, 0.25) is 0 Å². The molecule has 1 rings (SSSR count). The molecule has 1 nitrogen and oxygen atoms in total. The minimum absolute atomic E-state index is 0.579. The highest BCUT2D eigenvalue weighted by Gasteiger charge is 2.16. The van der Waals surface area contributed by atoms with Gasteiger partial charge in [0.25, 0.3) is 0 Å². The highest BCUT2D eigenvalue weighted by atomic mass is 15.1. The number of anilines is 1. The van der Waals surface area contributed by atoms with Gasteiger partial charge in [-0.15, -0.1) is 0 Å². The average molecular weight is 249 g/mol. The van der Waals surface area contributed by atoms with Crippen LogP contribution in [0.1, 0.15) is 70.1 Å². The molecule has 104 valence electrons. The summed E-state index contributed by atoms with van der Waals surface area (Å²) in [5.74, 6) is 1.16. The zero-order chi connectivity index (χ0) is 14.5. The summed E-state index contributed by atoms with van der Waals surface area (Å²) in [6.45, 7) is 15.3. The topological polar surface area (TPSA) is 3.24 Å². The average Bonchev–Trinajstić information content (AvgIpc) is 2.29. The smallest absolute Gasteiger partial charge is 0.0431 e. The fourth-order valence-corrected chi connectivity index (χ4v) is 2.23. The molecule has 1 aromatic rings. The van der Waals surface area contributed by atoms with Crippen molar-refractivity contribution in [1.82, 2.24) is 0 Å². The first-order valence-electron chi connectivity index (χ1n) is 7.16. The maximum Gasteiger partial charge on any atom is 0.0431 e. The molecule has 1 aromatic carbocycles. The quantitative estimate of drug-likeness (QED) is 0.699. The zero-order valence-corrected chi connectivity index (χ0v) is 13.8. The van der Waals surface area contributed by atoms with Gasteiger partial charge in [0.1, 0.15) is 0 Å². The lowest BCUT2D eigenvalue weighted by atomic mass is 9.90. The van der Waals surface area contributed by atoms with E-state index in [1.54, 1.807) is 0 Å². The minimum Gasteiger partial charge on any atom is -0.377 e. The van der Waals surface area contributed by atoms with E-state index in [2.05, 4.69) is 65.7 Å². The van der Waals surface area contributed by atoms with Crippen molar-refractivity contribution in [1.29, 1.82) is 0 Å². The van der Waals surface area contributed by atoms with Crippen LogP contribution in [-0.4, -0.2) is 14.1 Å². The van der Waals surface area contributed by atoms with Gasteiger partial charge in [0.05, 0.1) is 0 Å². The fraction of sp³-hybridized carbons (Fsp3) is 0.647. The first-order valence-corrected chi connectivity index (χ1v) is 7.16. The molecule has 0 aliphatic carbocycles. The van der Waals surface area contributed by atoms with E-state index in [9.17, 15) is 0 Å². The van der Waals surface area contributed by atoms with Crippen molar-refractivity contribution in [2.45, 2.75) is 60.3 Å². The lowest BCUT2D eigenvalue weighted by Crippen LogP contribution is -2.15. The standard InChI is InChI=1S/C15H25N.C2H6/c1-10(2)13-8-12(5)9-14(11(3)4)15(13)16(6)7;1-2/h8-11H,1-7H3;1-2H3. The van der Waals surface area contributed by atoms with Gasteiger partial charge in [-0.25, -0.2) is 0 Å². The van der Waals surface area contributed by atoms with Crippen molar-refractivity contribution in [3.05, 3.63) is 28.8 Å². The Hall–Kier alpha value is -0.980. The molecule has 0 saturated carbocycles. The van der Waals surface area contributed by atoms with E-state index in [-0.39, 0.29) is 0 Å². The Morgan fingerprint density at radius 3 is 1.39 bits per heavy atom. The molecule has 0 saturated heterocycles. The Balaban J connectivity index is 0.00000137. The summed E-state index contributed by atoms with van der Waals surface area (Å²) in [5, 5.41) is 0. The molecule has 18 heavy (non-hydrogen) atoms. The third kappa shape index (κ3) is 4.04. The van der Waals surface area contributed by atoms with Crippen LogP contribution >= 0.6 is 0 Å². The summed E-state index contributed by atoms with van der Waals surface area (Å²) in [7, 11) is 4.28. The molecule has 0 aliphatic heterocycles. The first kappa shape index (κ1) is 17.0. The molecule has 0 fully saturated rings. The van der Waals surface area contributed by atoms with Crippen molar-refractivity contribution < 1.29 is 0 Å². The molecule has 0 N–H and O–H groups in total. The van der Waals surface area contributed by atoms with Crippen LogP contribution in [0.5, 0.6) is 0 Å². The van der Waals surface area contributed by atoms with Gasteiger partial charge in [0.15, 0.2) is 0 Å². The highest BCUT2D eigenvalue weighted by molar-refractivity contribution is 5.62. The molecule has 0 unspecified atom stereocenters. The zero-order valence-electron chi connectivity index (χ0n) is 13.8. The molecule has 0 spiro atoms. The van der Waals surface area contributed by atoms with E-state index in [1.165, 1.54) is 22.4 Å². The van der Waals surface area contributed by atoms with Gasteiger partial charge in [-0.05, 0) is 29.9 Å². The third-order valence-electron chi connectivity index (χ3n) is 3.00. The van der Waals surface area contributed by atoms with Crippen LogP contribution in [-0.2, 0) is 0 Å². The van der Waals surface area contributed by atoms with Crippen LogP contribution in [0, 0.1) is 6.92 Å². The van der Waals surface area contributed by atoms with Crippen molar-refractivity contribution in [3.63, 3.8) is 0 Å². The second-order valence-corrected chi connectivity index (χ2v) is 5.50. The second-order valence-electron chi connectivity index (χ2n) is 5.50. The Kier molecular flexibility index (Phi) is 7.05. The summed E-state index contributed by atoms with van der Waals surface area (Å²) in [6, 6.07) is 4.65. The van der Waals surface area contributed by atoms with E-state index in [0.717, 1.165) is 0 Å². The van der Waals surface area contributed by atoms with Gasteiger partial charge in [-0.2, -0.15) is 0 Å². The maximum absolute atomic E-state index is 2.33. The predicted octanol–water partition coefficient (Wildman–Crippen LogP) is 5.33. The molecule has 1 heteroatoms. The number of nitrogens with zero attached hydrogens (tertiary/aromatic N) is 1. The van der Waals surface area contributed by atoms with Crippen LogP contribution < -0.4 is 4.90 Å². The van der Waals surface area contributed by atoms with E-state index >= 15 is 0 Å². The summed E-state index contributed by atoms with van der Waals surface area (Å²) in [5.41, 5.74) is 5.72. The van der Waals surface area contributed by atoms with Crippen molar-refractivity contribution in [2.75, 3.05) is 19.0 Å². The molecular weight excluding hydrogens is 218 g/mol. The molecule has 0 heterocycles. The Morgan fingerprint density at radius 1 is 0.833 bits per heavy atom.